The van der Waals surface area contributed by atoms with E-state index in [2.05, 4.69) is 11.1 Å². The smallest absolute Gasteiger partial charge is 0.259 e. The highest BCUT2D eigenvalue weighted by molar-refractivity contribution is 6.15. The molecule has 1 aliphatic rings. The molecule has 0 spiro atoms. The highest BCUT2D eigenvalue weighted by atomic mass is 16.7. The number of rotatable bonds is 7. The molecule has 0 bridgehead atoms. The SMILES string of the molecule is COc1cc2c(=O)n(CCN(CC#N)C(C)C)c3c4cc5c(cc4ncc3c2cc1OC)OCO5. The number of aromatic nitrogens is 2. The minimum absolute atomic E-state index is 0.147. The van der Waals surface area contributed by atoms with E-state index >= 15 is 0 Å². The molecule has 0 unspecified atom stereocenters. The number of fused-ring (bicyclic) bond motifs is 6. The number of methoxy groups -OCH3 is 2. The zero-order valence-corrected chi connectivity index (χ0v) is 20.1. The third kappa shape index (κ3) is 3.76. The van der Waals surface area contributed by atoms with Crippen LogP contribution in [0, 0.1) is 11.3 Å². The van der Waals surface area contributed by atoms with Crippen LogP contribution >= 0.6 is 0 Å². The normalized spacial score (nSPS) is 12.7. The Labute approximate surface area is 202 Å². The first kappa shape index (κ1) is 22.7. The molecule has 0 amide bonds. The van der Waals surface area contributed by atoms with Crippen molar-refractivity contribution in [2.24, 2.45) is 0 Å². The number of benzene rings is 2. The summed E-state index contributed by atoms with van der Waals surface area (Å²) >= 11 is 0. The van der Waals surface area contributed by atoms with Gasteiger partial charge in [0, 0.05) is 47.6 Å². The first-order valence-corrected chi connectivity index (χ1v) is 11.4. The van der Waals surface area contributed by atoms with Crippen LogP contribution in [0.15, 0.2) is 35.3 Å². The Kier molecular flexibility index (Phi) is 5.83. The Bertz CT molecular complexity index is 1550. The van der Waals surface area contributed by atoms with Crippen LogP contribution in [0.25, 0.3) is 32.6 Å². The van der Waals surface area contributed by atoms with Gasteiger partial charge in [0.1, 0.15) is 0 Å². The van der Waals surface area contributed by atoms with Crippen molar-refractivity contribution in [1.82, 2.24) is 14.5 Å². The second kappa shape index (κ2) is 8.96. The molecule has 1 aliphatic heterocycles. The average molecular weight is 475 g/mol. The zero-order chi connectivity index (χ0) is 24.7. The molecule has 5 rings (SSSR count). The number of hydrogen-bond acceptors (Lipinski definition) is 8. The minimum Gasteiger partial charge on any atom is -0.493 e. The minimum atomic E-state index is -0.153. The fourth-order valence-corrected chi connectivity index (χ4v) is 4.63. The standard InChI is InChI=1S/C26H26N4O5/c1-15(2)29(6-5-27)7-8-30-25-18-11-23-24(35-14-34-23)12-20(18)28-13-19(25)16-9-21(32-3)22(33-4)10-17(16)26(30)31/h9-13,15H,6-8,14H2,1-4H3. The maximum Gasteiger partial charge on any atom is 0.259 e. The molecule has 0 atom stereocenters. The van der Waals surface area contributed by atoms with Crippen molar-refractivity contribution in [1.29, 1.82) is 5.26 Å². The van der Waals surface area contributed by atoms with Crippen molar-refractivity contribution in [3.05, 3.63) is 40.8 Å². The molecule has 4 aromatic rings. The molecule has 0 radical (unpaired) electrons. The lowest BCUT2D eigenvalue weighted by atomic mass is 10.0. The number of pyridine rings is 2. The van der Waals surface area contributed by atoms with E-state index in [1.54, 1.807) is 31.0 Å². The predicted octanol–water partition coefficient (Wildman–Crippen LogP) is 3.68. The molecular weight excluding hydrogens is 448 g/mol. The summed E-state index contributed by atoms with van der Waals surface area (Å²) in [5, 5.41) is 12.1. The van der Waals surface area contributed by atoms with Crippen molar-refractivity contribution >= 4 is 32.6 Å². The van der Waals surface area contributed by atoms with Gasteiger partial charge < -0.3 is 23.5 Å². The van der Waals surface area contributed by atoms with Gasteiger partial charge in [-0.1, -0.05) is 0 Å². The number of ether oxygens (including phenoxy) is 4. The van der Waals surface area contributed by atoms with Gasteiger partial charge in [-0.3, -0.25) is 14.7 Å². The van der Waals surface area contributed by atoms with E-state index in [0.717, 1.165) is 21.7 Å². The molecule has 35 heavy (non-hydrogen) atoms. The Balaban J connectivity index is 1.84. The summed E-state index contributed by atoms with van der Waals surface area (Å²) in [6, 6.07) is 9.63. The third-order valence-electron chi connectivity index (χ3n) is 6.51. The van der Waals surface area contributed by atoms with Crippen LogP contribution in [0.2, 0.25) is 0 Å². The molecule has 0 fully saturated rings. The van der Waals surface area contributed by atoms with Gasteiger partial charge in [0.05, 0.1) is 43.3 Å². The molecule has 0 aliphatic carbocycles. The van der Waals surface area contributed by atoms with E-state index in [1.165, 1.54) is 0 Å². The quantitative estimate of drug-likeness (QED) is 0.295. The molecule has 0 saturated carbocycles. The van der Waals surface area contributed by atoms with Gasteiger partial charge in [-0.2, -0.15) is 5.26 Å². The second-order valence-electron chi connectivity index (χ2n) is 8.68. The highest BCUT2D eigenvalue weighted by Gasteiger charge is 2.21. The van der Waals surface area contributed by atoms with E-state index in [4.69, 9.17) is 18.9 Å². The van der Waals surface area contributed by atoms with E-state index in [-0.39, 0.29) is 24.9 Å². The highest BCUT2D eigenvalue weighted by Crippen LogP contribution is 2.40. The zero-order valence-electron chi connectivity index (χ0n) is 20.1. The van der Waals surface area contributed by atoms with Gasteiger partial charge in [-0.15, -0.1) is 0 Å². The lowest BCUT2D eigenvalue weighted by molar-refractivity contribution is 0.174. The second-order valence-corrected chi connectivity index (χ2v) is 8.68. The first-order valence-electron chi connectivity index (χ1n) is 11.4. The van der Waals surface area contributed by atoms with Gasteiger partial charge in [0.25, 0.3) is 5.56 Å². The van der Waals surface area contributed by atoms with Crippen molar-refractivity contribution in [3.63, 3.8) is 0 Å². The summed E-state index contributed by atoms with van der Waals surface area (Å²) in [6.45, 7) is 5.43. The van der Waals surface area contributed by atoms with E-state index in [0.29, 0.717) is 47.0 Å². The largest absolute Gasteiger partial charge is 0.493 e. The van der Waals surface area contributed by atoms with Gasteiger partial charge in [-0.25, -0.2) is 0 Å². The number of nitrogens with zero attached hydrogens (tertiary/aromatic N) is 4. The van der Waals surface area contributed by atoms with Crippen LogP contribution in [0.4, 0.5) is 0 Å². The van der Waals surface area contributed by atoms with Crippen LogP contribution in [0.1, 0.15) is 13.8 Å². The van der Waals surface area contributed by atoms with Crippen LogP contribution < -0.4 is 24.5 Å². The molecule has 0 N–H and O–H groups in total. The molecular formula is C26H26N4O5. The first-order chi connectivity index (χ1) is 17.0. The Morgan fingerprint density at radius 3 is 2.40 bits per heavy atom. The molecule has 0 saturated heterocycles. The van der Waals surface area contributed by atoms with E-state index in [1.807, 2.05) is 36.9 Å². The summed E-state index contributed by atoms with van der Waals surface area (Å²) < 4.78 is 23.9. The maximum absolute atomic E-state index is 13.9. The Morgan fingerprint density at radius 2 is 1.74 bits per heavy atom. The lowest BCUT2D eigenvalue weighted by Gasteiger charge is -2.24. The predicted molar refractivity (Wildman–Crippen MR) is 133 cm³/mol. The van der Waals surface area contributed by atoms with Crippen molar-refractivity contribution in [2.75, 3.05) is 34.1 Å². The van der Waals surface area contributed by atoms with Gasteiger partial charge in [-0.05, 0) is 32.0 Å². The van der Waals surface area contributed by atoms with E-state index < -0.39 is 0 Å². The van der Waals surface area contributed by atoms with Crippen LogP contribution in [0.3, 0.4) is 0 Å². The van der Waals surface area contributed by atoms with E-state index in [9.17, 15) is 10.1 Å². The Morgan fingerprint density at radius 1 is 1.06 bits per heavy atom. The molecule has 180 valence electrons. The fraction of sp³-hybridized carbons (Fsp3) is 0.346. The third-order valence-corrected chi connectivity index (χ3v) is 6.51. The summed E-state index contributed by atoms with van der Waals surface area (Å²) in [5.74, 6) is 2.26. The van der Waals surface area contributed by atoms with Gasteiger partial charge in [0.15, 0.2) is 23.0 Å². The van der Waals surface area contributed by atoms with Gasteiger partial charge >= 0.3 is 0 Å². The van der Waals surface area contributed by atoms with Crippen molar-refractivity contribution < 1.29 is 18.9 Å². The number of nitriles is 1. The van der Waals surface area contributed by atoms with Crippen LogP contribution in [-0.2, 0) is 6.54 Å². The monoisotopic (exact) mass is 474 g/mol. The fourth-order valence-electron chi connectivity index (χ4n) is 4.63. The van der Waals surface area contributed by atoms with Crippen LogP contribution in [-0.4, -0.2) is 54.6 Å². The average Bonchev–Trinajstić information content (AvgIpc) is 3.32. The molecule has 3 heterocycles. The molecule has 9 heteroatoms. The van der Waals surface area contributed by atoms with Crippen molar-refractivity contribution in [2.45, 2.75) is 26.4 Å². The molecule has 2 aromatic heterocycles. The molecule has 2 aromatic carbocycles. The maximum atomic E-state index is 13.9. The summed E-state index contributed by atoms with van der Waals surface area (Å²) in [6.07, 6.45) is 1.78. The summed E-state index contributed by atoms with van der Waals surface area (Å²) in [5.41, 5.74) is 1.30. The van der Waals surface area contributed by atoms with Crippen LogP contribution in [0.5, 0.6) is 23.0 Å². The van der Waals surface area contributed by atoms with Gasteiger partial charge in [0.2, 0.25) is 6.79 Å². The Hall–Kier alpha value is -4.03. The lowest BCUT2D eigenvalue weighted by Crippen LogP contribution is -2.36. The molecule has 9 nitrogen and oxygen atoms in total. The summed E-state index contributed by atoms with van der Waals surface area (Å²) in [7, 11) is 3.11. The summed E-state index contributed by atoms with van der Waals surface area (Å²) in [4.78, 5) is 20.7. The van der Waals surface area contributed by atoms with Crippen molar-refractivity contribution in [3.8, 4) is 29.1 Å². The number of hydrogen-bond donors (Lipinski definition) is 0. The topological polar surface area (TPSA) is 98.8 Å².